The van der Waals surface area contributed by atoms with Crippen LogP contribution in [0, 0.1) is 0 Å². The number of aryl methyl sites for hydroxylation is 1. The molecule has 1 unspecified atom stereocenters. The van der Waals surface area contributed by atoms with Gasteiger partial charge in [0.2, 0.25) is 0 Å². The van der Waals surface area contributed by atoms with Crippen LogP contribution in [0.3, 0.4) is 0 Å². The Labute approximate surface area is 98.7 Å². The van der Waals surface area contributed by atoms with Crippen LogP contribution in [0.4, 0.5) is 0 Å². The third kappa shape index (κ3) is 3.05. The first-order valence-electron chi connectivity index (χ1n) is 4.93. The number of hydrogen-bond acceptors (Lipinski definition) is 2. The zero-order chi connectivity index (χ0) is 10.5. The van der Waals surface area contributed by atoms with Crippen molar-refractivity contribution in [2.45, 2.75) is 18.2 Å². The van der Waals surface area contributed by atoms with E-state index in [9.17, 15) is 0 Å². The fourth-order valence-corrected chi connectivity index (χ4v) is 2.35. The van der Waals surface area contributed by atoms with E-state index >= 15 is 0 Å². The van der Waals surface area contributed by atoms with Gasteiger partial charge in [0.1, 0.15) is 0 Å². The van der Waals surface area contributed by atoms with E-state index in [2.05, 4.69) is 17.1 Å². The molecule has 0 bridgehead atoms. The zero-order valence-corrected chi connectivity index (χ0v) is 9.84. The van der Waals surface area contributed by atoms with Gasteiger partial charge < -0.3 is 0 Å². The molecule has 0 radical (unpaired) electrons. The molecule has 0 aliphatic carbocycles. The molecule has 0 saturated carbocycles. The molecule has 0 saturated heterocycles. The van der Waals surface area contributed by atoms with Gasteiger partial charge in [0.25, 0.3) is 0 Å². The van der Waals surface area contributed by atoms with Crippen LogP contribution in [0.1, 0.15) is 22.4 Å². The lowest BCUT2D eigenvalue weighted by atomic mass is 10.1. The fraction of sp³-hybridized carbons (Fsp3) is 0.250. The molecule has 1 heterocycles. The number of hydrogen-bond donors (Lipinski definition) is 0. The summed E-state index contributed by atoms with van der Waals surface area (Å²) in [5.41, 5.74) is 1.19. The second-order valence-corrected chi connectivity index (χ2v) is 4.85. The zero-order valence-electron chi connectivity index (χ0n) is 8.27. The standard InChI is InChI=1S/C12H12ClNS/c13-11(10-4-2-1-3-5-10)6-7-12-14-8-9-15-12/h1-5,8-9,11H,6-7H2. The Kier molecular flexibility index (Phi) is 3.75. The Bertz CT molecular complexity index is 385. The van der Waals surface area contributed by atoms with Crippen molar-refractivity contribution < 1.29 is 0 Å². The molecule has 1 atom stereocenters. The van der Waals surface area contributed by atoms with E-state index in [4.69, 9.17) is 11.6 Å². The van der Waals surface area contributed by atoms with Gasteiger partial charge in [-0.2, -0.15) is 0 Å². The maximum Gasteiger partial charge on any atom is 0.0925 e. The fourth-order valence-electron chi connectivity index (χ4n) is 1.46. The molecule has 2 aromatic rings. The summed E-state index contributed by atoms with van der Waals surface area (Å²) in [5, 5.41) is 3.26. The first kappa shape index (κ1) is 10.7. The normalized spacial score (nSPS) is 12.6. The summed E-state index contributed by atoms with van der Waals surface area (Å²) in [7, 11) is 0. The number of alkyl halides is 1. The van der Waals surface area contributed by atoms with Crippen molar-refractivity contribution >= 4 is 22.9 Å². The predicted molar refractivity (Wildman–Crippen MR) is 65.5 cm³/mol. The highest BCUT2D eigenvalue weighted by molar-refractivity contribution is 7.09. The largest absolute Gasteiger partial charge is 0.250 e. The molecule has 0 N–H and O–H groups in total. The third-order valence-electron chi connectivity index (χ3n) is 2.26. The van der Waals surface area contributed by atoms with Gasteiger partial charge in [-0.3, -0.25) is 0 Å². The Morgan fingerprint density at radius 1 is 1.27 bits per heavy atom. The van der Waals surface area contributed by atoms with Gasteiger partial charge in [-0.05, 0) is 12.0 Å². The van der Waals surface area contributed by atoms with E-state index in [0.29, 0.717) is 0 Å². The van der Waals surface area contributed by atoms with Gasteiger partial charge >= 0.3 is 0 Å². The van der Waals surface area contributed by atoms with Crippen molar-refractivity contribution in [3.63, 3.8) is 0 Å². The molecule has 1 nitrogen and oxygen atoms in total. The first-order chi connectivity index (χ1) is 7.36. The average molecular weight is 238 g/mol. The maximum atomic E-state index is 6.30. The molecule has 78 valence electrons. The summed E-state index contributed by atoms with van der Waals surface area (Å²) in [6, 6.07) is 10.2. The van der Waals surface area contributed by atoms with Crippen molar-refractivity contribution in [1.82, 2.24) is 4.98 Å². The Balaban J connectivity index is 1.90. The highest BCUT2D eigenvalue weighted by atomic mass is 35.5. The summed E-state index contributed by atoms with van der Waals surface area (Å²) in [4.78, 5) is 4.24. The summed E-state index contributed by atoms with van der Waals surface area (Å²) in [6.45, 7) is 0. The van der Waals surface area contributed by atoms with Gasteiger partial charge in [0, 0.05) is 18.0 Å². The van der Waals surface area contributed by atoms with E-state index in [1.807, 2.05) is 29.8 Å². The molecule has 0 aliphatic rings. The Morgan fingerprint density at radius 3 is 2.73 bits per heavy atom. The van der Waals surface area contributed by atoms with Crippen molar-refractivity contribution in [3.05, 3.63) is 52.5 Å². The minimum atomic E-state index is 0.0927. The lowest BCUT2D eigenvalue weighted by molar-refractivity contribution is 0.788. The number of rotatable bonds is 4. The molecule has 0 fully saturated rings. The smallest absolute Gasteiger partial charge is 0.0925 e. The second-order valence-electron chi connectivity index (χ2n) is 3.34. The third-order valence-corrected chi connectivity index (χ3v) is 3.57. The summed E-state index contributed by atoms with van der Waals surface area (Å²) in [6.07, 6.45) is 3.74. The van der Waals surface area contributed by atoms with Crippen LogP contribution in [0.15, 0.2) is 41.9 Å². The molecule has 1 aromatic heterocycles. The van der Waals surface area contributed by atoms with Crippen LogP contribution in [0.5, 0.6) is 0 Å². The Morgan fingerprint density at radius 2 is 2.07 bits per heavy atom. The Hall–Kier alpha value is -0.860. The molecule has 0 aliphatic heterocycles. The average Bonchev–Trinajstić information content (AvgIpc) is 2.80. The molecule has 15 heavy (non-hydrogen) atoms. The predicted octanol–water partition coefficient (Wildman–Crippen LogP) is 4.06. The van der Waals surface area contributed by atoms with Crippen molar-refractivity contribution in [3.8, 4) is 0 Å². The second kappa shape index (κ2) is 5.29. The highest BCUT2D eigenvalue weighted by Crippen LogP contribution is 2.25. The molecule has 0 spiro atoms. The molecule has 3 heteroatoms. The van der Waals surface area contributed by atoms with Crippen molar-refractivity contribution in [2.75, 3.05) is 0 Å². The quantitative estimate of drug-likeness (QED) is 0.731. The first-order valence-corrected chi connectivity index (χ1v) is 6.25. The van der Waals surface area contributed by atoms with Crippen LogP contribution >= 0.6 is 22.9 Å². The summed E-state index contributed by atoms with van der Waals surface area (Å²) >= 11 is 7.99. The SMILES string of the molecule is ClC(CCc1nccs1)c1ccccc1. The van der Waals surface area contributed by atoms with Crippen LogP contribution in [0.2, 0.25) is 0 Å². The van der Waals surface area contributed by atoms with Crippen LogP contribution in [0.25, 0.3) is 0 Å². The van der Waals surface area contributed by atoms with E-state index in [-0.39, 0.29) is 5.38 Å². The number of aromatic nitrogens is 1. The van der Waals surface area contributed by atoms with Gasteiger partial charge in [-0.1, -0.05) is 30.3 Å². The minimum Gasteiger partial charge on any atom is -0.250 e. The van der Waals surface area contributed by atoms with Crippen molar-refractivity contribution in [1.29, 1.82) is 0 Å². The monoisotopic (exact) mass is 237 g/mol. The van der Waals surface area contributed by atoms with Crippen LogP contribution in [-0.4, -0.2) is 4.98 Å². The topological polar surface area (TPSA) is 12.9 Å². The lowest BCUT2D eigenvalue weighted by Crippen LogP contribution is -1.93. The van der Waals surface area contributed by atoms with E-state index in [1.165, 1.54) is 5.56 Å². The number of benzene rings is 1. The van der Waals surface area contributed by atoms with Gasteiger partial charge in [-0.15, -0.1) is 22.9 Å². The van der Waals surface area contributed by atoms with Gasteiger partial charge in [0.05, 0.1) is 10.4 Å². The number of thiazole rings is 1. The summed E-state index contributed by atoms with van der Waals surface area (Å²) < 4.78 is 0. The van der Waals surface area contributed by atoms with Gasteiger partial charge in [0.15, 0.2) is 0 Å². The summed E-state index contributed by atoms with van der Waals surface area (Å²) in [5.74, 6) is 0. The van der Waals surface area contributed by atoms with E-state index < -0.39 is 0 Å². The molecule has 1 aromatic carbocycles. The highest BCUT2D eigenvalue weighted by Gasteiger charge is 2.07. The molecular formula is C12H12ClNS. The maximum absolute atomic E-state index is 6.30. The number of nitrogens with zero attached hydrogens (tertiary/aromatic N) is 1. The molecule has 0 amide bonds. The van der Waals surface area contributed by atoms with Crippen LogP contribution < -0.4 is 0 Å². The lowest BCUT2D eigenvalue weighted by Gasteiger charge is -2.07. The molecular weight excluding hydrogens is 226 g/mol. The van der Waals surface area contributed by atoms with E-state index in [1.54, 1.807) is 11.3 Å². The van der Waals surface area contributed by atoms with E-state index in [0.717, 1.165) is 17.8 Å². The van der Waals surface area contributed by atoms with Crippen molar-refractivity contribution in [2.24, 2.45) is 0 Å². The van der Waals surface area contributed by atoms with Crippen LogP contribution in [-0.2, 0) is 6.42 Å². The molecule has 2 rings (SSSR count). The number of halogens is 1. The minimum absolute atomic E-state index is 0.0927. The van der Waals surface area contributed by atoms with Gasteiger partial charge in [-0.25, -0.2) is 4.98 Å².